The van der Waals surface area contributed by atoms with E-state index in [2.05, 4.69) is 38.7 Å². The SMILES string of the molecule is C=C1/C(=C\C=C2/CCC[C@]3(C)[C@@H]([C@H](C)/C=C/[C@@H](O)C4(C(=O)c5ccco5)CC4)CC[C@@H]23)C[C@@H](O)C[C@@H]1O. The fraction of sp³-hybridized carbons (Fsp3) is 0.594. The molecule has 0 bridgehead atoms. The fourth-order valence-corrected chi connectivity index (χ4v) is 7.65. The Morgan fingerprint density at radius 3 is 2.68 bits per heavy atom. The molecule has 1 heterocycles. The van der Waals surface area contributed by atoms with Crippen molar-refractivity contribution in [3.63, 3.8) is 0 Å². The molecule has 4 aliphatic rings. The van der Waals surface area contributed by atoms with Crippen LogP contribution < -0.4 is 0 Å². The van der Waals surface area contributed by atoms with Crippen molar-refractivity contribution in [1.82, 2.24) is 0 Å². The van der Waals surface area contributed by atoms with Gasteiger partial charge in [0.1, 0.15) is 0 Å². The molecule has 37 heavy (non-hydrogen) atoms. The lowest BCUT2D eigenvalue weighted by atomic mass is 9.61. The van der Waals surface area contributed by atoms with Crippen LogP contribution in [0.3, 0.4) is 0 Å². The summed E-state index contributed by atoms with van der Waals surface area (Å²) in [7, 11) is 0. The molecule has 5 rings (SSSR count). The maximum atomic E-state index is 12.9. The van der Waals surface area contributed by atoms with Gasteiger partial charge in [-0.3, -0.25) is 4.79 Å². The van der Waals surface area contributed by atoms with Crippen LogP contribution in [0.4, 0.5) is 0 Å². The first-order chi connectivity index (χ1) is 17.7. The van der Waals surface area contributed by atoms with Crippen molar-refractivity contribution >= 4 is 5.78 Å². The summed E-state index contributed by atoms with van der Waals surface area (Å²) in [6, 6.07) is 3.39. The molecule has 0 spiro atoms. The highest BCUT2D eigenvalue weighted by Gasteiger charge is 2.56. The molecule has 0 saturated heterocycles. The zero-order valence-corrected chi connectivity index (χ0v) is 22.2. The number of carbonyl (C=O) groups excluding carboxylic acids is 1. The van der Waals surface area contributed by atoms with Gasteiger partial charge in [-0.05, 0) is 97.8 Å². The molecule has 1 aromatic rings. The molecule has 4 saturated carbocycles. The summed E-state index contributed by atoms with van der Waals surface area (Å²) >= 11 is 0. The monoisotopic (exact) mass is 506 g/mol. The molecular weight excluding hydrogens is 464 g/mol. The van der Waals surface area contributed by atoms with E-state index < -0.39 is 23.7 Å². The smallest absolute Gasteiger partial charge is 0.207 e. The number of Topliss-reactive ketones (excluding diaryl/α,β-unsaturated/α-hetero) is 1. The van der Waals surface area contributed by atoms with Gasteiger partial charge in [-0.1, -0.05) is 50.3 Å². The van der Waals surface area contributed by atoms with E-state index in [1.165, 1.54) is 18.3 Å². The zero-order chi connectivity index (χ0) is 26.4. The minimum atomic E-state index is -0.791. The van der Waals surface area contributed by atoms with Gasteiger partial charge in [-0.2, -0.15) is 0 Å². The quantitative estimate of drug-likeness (QED) is 0.315. The first-order valence-electron chi connectivity index (χ1n) is 14.1. The van der Waals surface area contributed by atoms with E-state index in [9.17, 15) is 20.1 Å². The molecule has 1 aromatic heterocycles. The van der Waals surface area contributed by atoms with Crippen LogP contribution >= 0.6 is 0 Å². The van der Waals surface area contributed by atoms with Crippen LogP contribution in [0.2, 0.25) is 0 Å². The van der Waals surface area contributed by atoms with Crippen LogP contribution in [0.15, 0.2) is 70.4 Å². The topological polar surface area (TPSA) is 90.9 Å². The summed E-state index contributed by atoms with van der Waals surface area (Å²) in [6.45, 7) is 8.75. The number of fused-ring (bicyclic) bond motifs is 1. The predicted octanol–water partition coefficient (Wildman–Crippen LogP) is 5.94. The lowest BCUT2D eigenvalue weighted by molar-refractivity contribution is 0.0697. The molecular formula is C32H42O5. The summed E-state index contributed by atoms with van der Waals surface area (Å²) in [5.74, 6) is 1.58. The second-order valence-electron chi connectivity index (χ2n) is 12.3. The number of rotatable bonds is 7. The van der Waals surface area contributed by atoms with E-state index in [1.807, 2.05) is 6.08 Å². The Kier molecular flexibility index (Phi) is 7.25. The van der Waals surface area contributed by atoms with Crippen molar-refractivity contribution in [2.45, 2.75) is 89.9 Å². The number of hydrogen-bond acceptors (Lipinski definition) is 5. The summed E-state index contributed by atoms with van der Waals surface area (Å²) in [6.07, 6.45) is 16.0. The number of aliphatic hydroxyl groups is 3. The predicted molar refractivity (Wildman–Crippen MR) is 144 cm³/mol. The van der Waals surface area contributed by atoms with E-state index >= 15 is 0 Å². The maximum absolute atomic E-state index is 12.9. The molecule has 0 aliphatic heterocycles. The van der Waals surface area contributed by atoms with Gasteiger partial charge in [0.05, 0.1) is 30.0 Å². The Hall–Kier alpha value is -2.21. The number of hydrogen-bond donors (Lipinski definition) is 3. The number of aliphatic hydroxyl groups excluding tert-OH is 3. The Morgan fingerprint density at radius 1 is 1.19 bits per heavy atom. The summed E-state index contributed by atoms with van der Waals surface area (Å²) in [5.41, 5.74) is 2.64. The van der Waals surface area contributed by atoms with E-state index in [4.69, 9.17) is 4.42 Å². The normalized spacial score (nSPS) is 37.2. The van der Waals surface area contributed by atoms with Gasteiger partial charge >= 0.3 is 0 Å². The van der Waals surface area contributed by atoms with Gasteiger partial charge in [0.25, 0.3) is 0 Å². The van der Waals surface area contributed by atoms with Crippen LogP contribution in [0.25, 0.3) is 0 Å². The highest BCUT2D eigenvalue weighted by molar-refractivity contribution is 6.00. The standard InChI is InChI=1S/C32H42O5/c1-20(8-13-29(35)32(15-16-32)30(36)28-7-5-17-37-28)25-11-12-26-22(6-4-14-31(25,26)3)9-10-23-18-24(33)19-27(34)21(23)2/h5,7-10,13,17,20,24-27,29,33-35H,2,4,6,11-12,14-16,18-19H2,1,3H3/b13-8+,22-9+,23-10-/t20-,24-,25-,26+,27+,29-,31-/m1/s1. The maximum Gasteiger partial charge on any atom is 0.207 e. The Labute approximate surface area is 220 Å². The van der Waals surface area contributed by atoms with Crippen molar-refractivity contribution < 1.29 is 24.5 Å². The van der Waals surface area contributed by atoms with Crippen LogP contribution in [0.1, 0.15) is 82.2 Å². The van der Waals surface area contributed by atoms with E-state index in [1.54, 1.807) is 12.1 Å². The molecule has 0 radical (unpaired) electrons. The highest BCUT2D eigenvalue weighted by atomic mass is 16.3. The third-order valence-electron chi connectivity index (χ3n) is 10.1. The molecule has 3 N–H and O–H groups in total. The van der Waals surface area contributed by atoms with Crippen molar-refractivity contribution in [3.8, 4) is 0 Å². The van der Waals surface area contributed by atoms with Crippen molar-refractivity contribution in [2.75, 3.05) is 0 Å². The van der Waals surface area contributed by atoms with E-state index in [0.29, 0.717) is 49.2 Å². The molecule has 5 heteroatoms. The van der Waals surface area contributed by atoms with Gasteiger partial charge in [-0.15, -0.1) is 0 Å². The summed E-state index contributed by atoms with van der Waals surface area (Å²) in [5, 5.41) is 31.3. The average molecular weight is 507 g/mol. The molecule has 7 atom stereocenters. The van der Waals surface area contributed by atoms with Gasteiger partial charge in [-0.25, -0.2) is 0 Å². The molecule has 4 aliphatic carbocycles. The van der Waals surface area contributed by atoms with Crippen molar-refractivity contribution in [3.05, 3.63) is 71.8 Å². The first-order valence-corrected chi connectivity index (χ1v) is 14.1. The van der Waals surface area contributed by atoms with Crippen LogP contribution in [-0.4, -0.2) is 39.4 Å². The second kappa shape index (κ2) is 10.2. The number of allylic oxidation sites excluding steroid dienone is 4. The van der Waals surface area contributed by atoms with E-state index in [-0.39, 0.29) is 11.2 Å². The van der Waals surface area contributed by atoms with E-state index in [0.717, 1.165) is 36.8 Å². The van der Waals surface area contributed by atoms with Crippen LogP contribution in [0.5, 0.6) is 0 Å². The second-order valence-corrected chi connectivity index (χ2v) is 12.3. The Morgan fingerprint density at radius 2 is 1.97 bits per heavy atom. The zero-order valence-electron chi connectivity index (χ0n) is 22.2. The Bertz CT molecular complexity index is 1100. The third kappa shape index (κ3) is 4.86. The first kappa shape index (κ1) is 26.4. The third-order valence-corrected chi connectivity index (χ3v) is 10.1. The van der Waals surface area contributed by atoms with Gasteiger partial charge < -0.3 is 19.7 Å². The molecule has 0 amide bonds. The highest BCUT2D eigenvalue weighted by Crippen LogP contribution is 2.60. The summed E-state index contributed by atoms with van der Waals surface area (Å²) < 4.78 is 5.31. The Balaban J connectivity index is 1.28. The van der Waals surface area contributed by atoms with Crippen molar-refractivity contribution in [2.24, 2.45) is 28.6 Å². The number of furan rings is 1. The molecule has 0 unspecified atom stereocenters. The number of ketones is 1. The van der Waals surface area contributed by atoms with Gasteiger partial charge in [0.2, 0.25) is 5.78 Å². The summed E-state index contributed by atoms with van der Waals surface area (Å²) in [4.78, 5) is 12.9. The minimum Gasteiger partial charge on any atom is -0.461 e. The van der Waals surface area contributed by atoms with Gasteiger partial charge in [0, 0.05) is 6.42 Å². The van der Waals surface area contributed by atoms with Crippen LogP contribution in [0, 0.1) is 28.6 Å². The molecule has 200 valence electrons. The molecule has 5 nitrogen and oxygen atoms in total. The fourth-order valence-electron chi connectivity index (χ4n) is 7.65. The van der Waals surface area contributed by atoms with Gasteiger partial charge in [0.15, 0.2) is 5.76 Å². The lowest BCUT2D eigenvalue weighted by Crippen LogP contribution is -2.35. The van der Waals surface area contributed by atoms with Crippen molar-refractivity contribution in [1.29, 1.82) is 0 Å². The largest absolute Gasteiger partial charge is 0.461 e. The lowest BCUT2D eigenvalue weighted by Gasteiger charge is -2.44. The molecule has 0 aromatic carbocycles. The van der Waals surface area contributed by atoms with Crippen LogP contribution in [-0.2, 0) is 0 Å². The number of carbonyl (C=O) groups is 1. The average Bonchev–Trinajstić information content (AvgIpc) is 3.33. The minimum absolute atomic E-state index is 0.0907. The molecule has 4 fully saturated rings.